The van der Waals surface area contributed by atoms with Crippen LogP contribution in [0.3, 0.4) is 0 Å². The maximum Gasteiger partial charge on any atom is 0.234 e. The van der Waals surface area contributed by atoms with Gasteiger partial charge >= 0.3 is 0 Å². The second kappa shape index (κ2) is 11.2. The Kier molecular flexibility index (Phi) is 8.07. The van der Waals surface area contributed by atoms with E-state index in [0.29, 0.717) is 18.1 Å². The molecule has 0 atom stereocenters. The van der Waals surface area contributed by atoms with Gasteiger partial charge in [0.15, 0.2) is 0 Å². The summed E-state index contributed by atoms with van der Waals surface area (Å²) < 4.78 is 0. The van der Waals surface area contributed by atoms with Crippen molar-refractivity contribution in [2.75, 3.05) is 16.4 Å². The molecule has 0 aliphatic heterocycles. The van der Waals surface area contributed by atoms with Crippen LogP contribution in [0.1, 0.15) is 30.9 Å². The normalized spacial score (nSPS) is 10.5. The highest BCUT2D eigenvalue weighted by Gasteiger charge is 2.06. The van der Waals surface area contributed by atoms with Crippen molar-refractivity contribution in [3.63, 3.8) is 0 Å². The Labute approximate surface area is 176 Å². The Bertz CT molecular complexity index is 883. The van der Waals surface area contributed by atoms with E-state index in [9.17, 15) is 4.79 Å². The third-order valence-corrected chi connectivity index (χ3v) is 5.28. The van der Waals surface area contributed by atoms with Gasteiger partial charge in [-0.2, -0.15) is 0 Å². The van der Waals surface area contributed by atoms with Crippen molar-refractivity contribution in [2.45, 2.75) is 37.8 Å². The molecule has 3 rings (SSSR count). The zero-order chi connectivity index (χ0) is 20.3. The van der Waals surface area contributed by atoms with Gasteiger partial charge in [-0.3, -0.25) is 4.79 Å². The highest BCUT2D eigenvalue weighted by molar-refractivity contribution is 7.99. The standard InChI is InChI=1S/C23H26N4OS/c1-2-3-7-18-10-12-20(13-11-18)25-22(28)17-29-23-15-14-21(26-27-23)24-16-19-8-5-4-6-9-19/h4-6,8-15H,2-3,7,16-17H2,1H3,(H,24,26)(H,25,28). The summed E-state index contributed by atoms with van der Waals surface area (Å²) in [5.74, 6) is 0.957. The number of hydrogen-bond donors (Lipinski definition) is 2. The molecule has 0 saturated carbocycles. The topological polar surface area (TPSA) is 66.9 Å². The van der Waals surface area contributed by atoms with Gasteiger partial charge in [0, 0.05) is 12.2 Å². The summed E-state index contributed by atoms with van der Waals surface area (Å²) in [6.07, 6.45) is 3.45. The number of carbonyl (C=O) groups excluding carboxylic acids is 1. The van der Waals surface area contributed by atoms with Crippen LogP contribution in [0.5, 0.6) is 0 Å². The van der Waals surface area contributed by atoms with Crippen molar-refractivity contribution in [3.8, 4) is 0 Å². The lowest BCUT2D eigenvalue weighted by Gasteiger charge is -2.07. The molecule has 0 bridgehead atoms. The molecule has 150 valence electrons. The lowest BCUT2D eigenvalue weighted by Crippen LogP contribution is -2.14. The number of amides is 1. The molecule has 2 aromatic carbocycles. The fourth-order valence-corrected chi connectivity index (χ4v) is 3.37. The second-order valence-corrected chi connectivity index (χ2v) is 7.73. The zero-order valence-electron chi connectivity index (χ0n) is 16.6. The molecular formula is C23H26N4OS. The summed E-state index contributed by atoms with van der Waals surface area (Å²) in [4.78, 5) is 12.2. The molecule has 1 amide bonds. The van der Waals surface area contributed by atoms with Crippen LogP contribution >= 0.6 is 11.8 Å². The van der Waals surface area contributed by atoms with Crippen LogP contribution in [0.2, 0.25) is 0 Å². The van der Waals surface area contributed by atoms with Crippen LogP contribution in [-0.2, 0) is 17.8 Å². The molecule has 0 fully saturated rings. The van der Waals surface area contributed by atoms with Crippen LogP contribution < -0.4 is 10.6 Å². The number of carbonyl (C=O) groups is 1. The van der Waals surface area contributed by atoms with Gasteiger partial charge in [-0.05, 0) is 48.2 Å². The number of anilines is 2. The highest BCUT2D eigenvalue weighted by atomic mass is 32.2. The zero-order valence-corrected chi connectivity index (χ0v) is 17.4. The number of aromatic nitrogens is 2. The minimum atomic E-state index is -0.0515. The van der Waals surface area contributed by atoms with E-state index in [4.69, 9.17) is 0 Å². The first kappa shape index (κ1) is 20.9. The largest absolute Gasteiger partial charge is 0.365 e. The number of unbranched alkanes of at least 4 members (excludes halogenated alkanes) is 1. The van der Waals surface area contributed by atoms with E-state index in [0.717, 1.165) is 17.1 Å². The predicted octanol–water partition coefficient (Wildman–Crippen LogP) is 5.16. The molecule has 1 heterocycles. The van der Waals surface area contributed by atoms with Gasteiger partial charge in [0.25, 0.3) is 0 Å². The van der Waals surface area contributed by atoms with E-state index in [2.05, 4.69) is 52.0 Å². The van der Waals surface area contributed by atoms with Gasteiger partial charge in [-0.1, -0.05) is 67.6 Å². The van der Waals surface area contributed by atoms with Crippen molar-refractivity contribution >= 4 is 29.2 Å². The molecule has 2 N–H and O–H groups in total. The molecule has 3 aromatic rings. The van der Waals surface area contributed by atoms with Crippen LogP contribution in [0.25, 0.3) is 0 Å². The fraction of sp³-hybridized carbons (Fsp3) is 0.261. The minimum absolute atomic E-state index is 0.0515. The number of nitrogens with one attached hydrogen (secondary N) is 2. The second-order valence-electron chi connectivity index (χ2n) is 6.73. The molecule has 0 saturated heterocycles. The Hall–Kier alpha value is -2.86. The first-order valence-electron chi connectivity index (χ1n) is 9.86. The van der Waals surface area contributed by atoms with Crippen molar-refractivity contribution in [1.29, 1.82) is 0 Å². The van der Waals surface area contributed by atoms with Gasteiger partial charge in [-0.15, -0.1) is 10.2 Å². The van der Waals surface area contributed by atoms with Crippen molar-refractivity contribution in [1.82, 2.24) is 10.2 Å². The molecular weight excluding hydrogens is 380 g/mol. The monoisotopic (exact) mass is 406 g/mol. The lowest BCUT2D eigenvalue weighted by atomic mass is 10.1. The highest BCUT2D eigenvalue weighted by Crippen LogP contribution is 2.17. The summed E-state index contributed by atoms with van der Waals surface area (Å²) in [6.45, 7) is 2.88. The number of nitrogens with zero attached hydrogens (tertiary/aromatic N) is 2. The molecule has 6 heteroatoms. The van der Waals surface area contributed by atoms with E-state index < -0.39 is 0 Å². The van der Waals surface area contributed by atoms with Gasteiger partial charge in [0.2, 0.25) is 5.91 Å². The van der Waals surface area contributed by atoms with Crippen LogP contribution in [0.15, 0.2) is 71.8 Å². The SMILES string of the molecule is CCCCc1ccc(NC(=O)CSc2ccc(NCc3ccccc3)nn2)cc1. The summed E-state index contributed by atoms with van der Waals surface area (Å²) in [6, 6.07) is 21.9. The van der Waals surface area contributed by atoms with E-state index in [-0.39, 0.29) is 5.91 Å². The van der Waals surface area contributed by atoms with E-state index in [1.165, 1.54) is 35.7 Å². The van der Waals surface area contributed by atoms with E-state index >= 15 is 0 Å². The molecule has 1 aromatic heterocycles. The number of thioether (sulfide) groups is 1. The Balaban J connectivity index is 1.41. The Morgan fingerprint density at radius 3 is 2.41 bits per heavy atom. The third-order valence-electron chi connectivity index (χ3n) is 4.36. The van der Waals surface area contributed by atoms with E-state index in [1.807, 2.05) is 42.5 Å². The minimum Gasteiger partial charge on any atom is -0.365 e. The summed E-state index contributed by atoms with van der Waals surface area (Å²) in [5, 5.41) is 15.2. The maximum absolute atomic E-state index is 12.2. The number of benzene rings is 2. The smallest absolute Gasteiger partial charge is 0.234 e. The third kappa shape index (κ3) is 7.23. The van der Waals surface area contributed by atoms with Gasteiger partial charge in [-0.25, -0.2) is 0 Å². The molecule has 29 heavy (non-hydrogen) atoms. The number of hydrogen-bond acceptors (Lipinski definition) is 5. The fourth-order valence-electron chi connectivity index (χ4n) is 2.75. The van der Waals surface area contributed by atoms with Gasteiger partial charge in [0.05, 0.1) is 5.75 Å². The molecule has 0 spiro atoms. The molecule has 0 unspecified atom stereocenters. The number of aryl methyl sites for hydroxylation is 1. The molecule has 5 nitrogen and oxygen atoms in total. The van der Waals surface area contributed by atoms with Crippen LogP contribution in [0.4, 0.5) is 11.5 Å². The average molecular weight is 407 g/mol. The quantitative estimate of drug-likeness (QED) is 0.455. The first-order valence-corrected chi connectivity index (χ1v) is 10.8. The Morgan fingerprint density at radius 2 is 1.72 bits per heavy atom. The van der Waals surface area contributed by atoms with Crippen molar-refractivity contribution < 1.29 is 4.79 Å². The van der Waals surface area contributed by atoms with Gasteiger partial charge in [0.1, 0.15) is 10.8 Å². The number of rotatable bonds is 10. The van der Waals surface area contributed by atoms with Crippen molar-refractivity contribution in [2.24, 2.45) is 0 Å². The Morgan fingerprint density at radius 1 is 0.931 bits per heavy atom. The summed E-state index contributed by atoms with van der Waals surface area (Å²) in [5.41, 5.74) is 3.31. The maximum atomic E-state index is 12.2. The van der Waals surface area contributed by atoms with Gasteiger partial charge < -0.3 is 10.6 Å². The van der Waals surface area contributed by atoms with E-state index in [1.54, 1.807) is 0 Å². The summed E-state index contributed by atoms with van der Waals surface area (Å²) in [7, 11) is 0. The average Bonchev–Trinajstić information content (AvgIpc) is 2.77. The molecule has 0 radical (unpaired) electrons. The van der Waals surface area contributed by atoms with Crippen molar-refractivity contribution in [3.05, 3.63) is 77.9 Å². The molecule has 0 aliphatic carbocycles. The lowest BCUT2D eigenvalue weighted by molar-refractivity contribution is -0.113. The molecule has 0 aliphatic rings. The van der Waals surface area contributed by atoms with Crippen LogP contribution in [-0.4, -0.2) is 21.9 Å². The predicted molar refractivity (Wildman–Crippen MR) is 120 cm³/mol. The first-order chi connectivity index (χ1) is 14.2. The van der Waals surface area contributed by atoms with Crippen LogP contribution in [0, 0.1) is 0 Å². The summed E-state index contributed by atoms with van der Waals surface area (Å²) >= 11 is 1.37.